The van der Waals surface area contributed by atoms with Crippen LogP contribution in [0.25, 0.3) is 0 Å². The van der Waals surface area contributed by atoms with Crippen LogP contribution >= 0.6 is 19.0 Å². The third-order valence-corrected chi connectivity index (χ3v) is 5.51. The average molecular weight is 406 g/mol. The third kappa shape index (κ3) is 8.21. The fourth-order valence-corrected chi connectivity index (χ4v) is 3.80. The Kier molecular flexibility index (Phi) is 9.13. The number of nitrogens with one attached hydrogen (secondary N) is 1. The van der Waals surface area contributed by atoms with Crippen molar-refractivity contribution < 1.29 is 28.5 Å². The molecular weight excluding hydrogens is 381 g/mol. The maximum Gasteiger partial charge on any atom is 0.410 e. The van der Waals surface area contributed by atoms with Gasteiger partial charge in [0.2, 0.25) is 13.7 Å². The number of carbonyl (C=O) groups is 2. The Bertz CT molecular complexity index is 645. The summed E-state index contributed by atoms with van der Waals surface area (Å²) >= 11 is 5.84. The molecule has 0 saturated heterocycles. The van der Waals surface area contributed by atoms with E-state index in [0.717, 1.165) is 0 Å². The Morgan fingerprint density at radius 1 is 1.27 bits per heavy atom. The molecule has 0 bridgehead atoms. The number of esters is 1. The SMILES string of the molecule is CCCC(=O)OC(C)OC(=O)NCCC(c1ccc(Cl)cc1)P(C)(=O)O. The molecule has 2 N–H and O–H groups in total. The highest BCUT2D eigenvalue weighted by Crippen LogP contribution is 2.54. The number of amides is 1. The highest BCUT2D eigenvalue weighted by atomic mass is 35.5. The molecule has 3 atom stereocenters. The van der Waals surface area contributed by atoms with Gasteiger partial charge in [0.05, 0.1) is 5.66 Å². The van der Waals surface area contributed by atoms with Crippen LogP contribution in [0.1, 0.15) is 44.3 Å². The van der Waals surface area contributed by atoms with E-state index in [-0.39, 0.29) is 19.4 Å². The number of alkyl carbamates (subject to hydrolysis) is 1. The Hall–Kier alpha value is -1.56. The van der Waals surface area contributed by atoms with Gasteiger partial charge in [-0.15, -0.1) is 0 Å². The number of benzene rings is 1. The summed E-state index contributed by atoms with van der Waals surface area (Å²) in [5.41, 5.74) is 0.0274. The molecule has 1 amide bonds. The number of ether oxygens (including phenoxy) is 2. The van der Waals surface area contributed by atoms with Gasteiger partial charge in [-0.2, -0.15) is 0 Å². The highest BCUT2D eigenvalue weighted by molar-refractivity contribution is 7.57. The molecule has 26 heavy (non-hydrogen) atoms. The number of halogens is 1. The molecule has 1 aromatic rings. The van der Waals surface area contributed by atoms with Gasteiger partial charge in [0.15, 0.2) is 0 Å². The van der Waals surface area contributed by atoms with Gasteiger partial charge in [-0.1, -0.05) is 30.7 Å². The summed E-state index contributed by atoms with van der Waals surface area (Å²) in [6, 6.07) is 6.67. The van der Waals surface area contributed by atoms with Crippen molar-refractivity contribution in [3.63, 3.8) is 0 Å². The molecule has 0 heterocycles. The number of carbonyl (C=O) groups excluding carboxylic acids is 2. The van der Waals surface area contributed by atoms with Crippen molar-refractivity contribution in [2.24, 2.45) is 0 Å². The minimum Gasteiger partial charge on any atom is -0.425 e. The molecule has 0 aliphatic carbocycles. The molecule has 3 unspecified atom stereocenters. The van der Waals surface area contributed by atoms with Crippen LogP contribution < -0.4 is 5.32 Å². The van der Waals surface area contributed by atoms with E-state index in [4.69, 9.17) is 21.1 Å². The minimum atomic E-state index is -3.43. The zero-order valence-electron chi connectivity index (χ0n) is 15.1. The summed E-state index contributed by atoms with van der Waals surface area (Å²) in [5, 5.41) is 3.02. The second kappa shape index (κ2) is 10.6. The van der Waals surface area contributed by atoms with E-state index in [1.54, 1.807) is 24.3 Å². The Morgan fingerprint density at radius 2 is 1.88 bits per heavy atom. The van der Waals surface area contributed by atoms with Crippen LogP contribution in [0.4, 0.5) is 4.79 Å². The molecule has 0 saturated carbocycles. The molecule has 9 heteroatoms. The first-order chi connectivity index (χ1) is 12.1. The zero-order valence-corrected chi connectivity index (χ0v) is 16.8. The molecule has 7 nitrogen and oxygen atoms in total. The fraction of sp³-hybridized carbons (Fsp3) is 0.529. The Balaban J connectivity index is 2.52. The molecule has 1 rings (SSSR count). The lowest BCUT2D eigenvalue weighted by atomic mass is 10.1. The topological polar surface area (TPSA) is 102 Å². The van der Waals surface area contributed by atoms with E-state index < -0.39 is 31.4 Å². The van der Waals surface area contributed by atoms with Crippen molar-refractivity contribution in [1.29, 1.82) is 0 Å². The highest BCUT2D eigenvalue weighted by Gasteiger charge is 2.27. The lowest BCUT2D eigenvalue weighted by Crippen LogP contribution is -2.31. The monoisotopic (exact) mass is 405 g/mol. The molecule has 146 valence electrons. The second-order valence-electron chi connectivity index (χ2n) is 5.94. The van der Waals surface area contributed by atoms with Crippen molar-refractivity contribution >= 4 is 31.0 Å². The van der Waals surface area contributed by atoms with E-state index in [1.807, 2.05) is 6.92 Å². The first-order valence-electron chi connectivity index (χ1n) is 8.32. The lowest BCUT2D eigenvalue weighted by Gasteiger charge is -2.21. The van der Waals surface area contributed by atoms with Gasteiger partial charge in [-0.25, -0.2) is 4.79 Å². The van der Waals surface area contributed by atoms with Crippen LogP contribution in [0.2, 0.25) is 5.02 Å². The van der Waals surface area contributed by atoms with E-state index in [9.17, 15) is 19.0 Å². The standard InChI is InChI=1S/C17H25ClNO6P/c1-4-5-16(20)24-12(2)25-17(21)19-11-10-15(26(3,22)23)13-6-8-14(18)9-7-13/h6-9,12,15H,4-5,10-11H2,1-3H3,(H,19,21)(H,22,23). The largest absolute Gasteiger partial charge is 0.425 e. The molecule has 0 fully saturated rings. The van der Waals surface area contributed by atoms with Crippen LogP contribution in [0.15, 0.2) is 24.3 Å². The summed E-state index contributed by atoms with van der Waals surface area (Å²) in [5.74, 6) is -0.442. The van der Waals surface area contributed by atoms with Crippen LogP contribution in [-0.2, 0) is 18.8 Å². The van der Waals surface area contributed by atoms with Crippen LogP contribution in [0.5, 0.6) is 0 Å². The summed E-state index contributed by atoms with van der Waals surface area (Å²) < 4.78 is 22.0. The van der Waals surface area contributed by atoms with E-state index in [1.165, 1.54) is 13.6 Å². The predicted octanol–water partition coefficient (Wildman–Crippen LogP) is 4.09. The van der Waals surface area contributed by atoms with Crippen molar-refractivity contribution in [3.05, 3.63) is 34.9 Å². The molecular formula is C17H25ClNO6P. The van der Waals surface area contributed by atoms with E-state index in [2.05, 4.69) is 5.32 Å². The normalized spacial score (nSPS) is 15.4. The number of rotatable bonds is 9. The third-order valence-electron chi connectivity index (χ3n) is 3.54. The first-order valence-corrected chi connectivity index (χ1v) is 10.9. The molecule has 1 aromatic carbocycles. The molecule has 0 aliphatic rings. The van der Waals surface area contributed by atoms with Gasteiger partial charge in [0, 0.05) is 31.6 Å². The van der Waals surface area contributed by atoms with Crippen molar-refractivity contribution in [2.45, 2.75) is 45.1 Å². The summed E-state index contributed by atoms with van der Waals surface area (Å²) in [6.07, 6.45) is -0.634. The van der Waals surface area contributed by atoms with Crippen molar-refractivity contribution in [2.75, 3.05) is 13.2 Å². The molecule has 0 aromatic heterocycles. The molecule has 0 radical (unpaired) electrons. The maximum absolute atomic E-state index is 12.2. The Morgan fingerprint density at radius 3 is 2.42 bits per heavy atom. The maximum atomic E-state index is 12.2. The number of hydrogen-bond acceptors (Lipinski definition) is 5. The van der Waals surface area contributed by atoms with Gasteiger partial charge in [-0.3, -0.25) is 9.36 Å². The quantitative estimate of drug-likeness (QED) is 0.364. The summed E-state index contributed by atoms with van der Waals surface area (Å²) in [4.78, 5) is 33.0. The summed E-state index contributed by atoms with van der Waals surface area (Å²) in [6.45, 7) is 4.68. The minimum absolute atomic E-state index is 0.125. The van der Waals surface area contributed by atoms with E-state index in [0.29, 0.717) is 17.0 Å². The van der Waals surface area contributed by atoms with Gasteiger partial charge in [0.1, 0.15) is 0 Å². The van der Waals surface area contributed by atoms with Crippen LogP contribution in [-0.4, -0.2) is 36.5 Å². The van der Waals surface area contributed by atoms with Gasteiger partial charge < -0.3 is 19.7 Å². The summed E-state index contributed by atoms with van der Waals surface area (Å²) in [7, 11) is -3.43. The van der Waals surface area contributed by atoms with Gasteiger partial charge in [-0.05, 0) is 30.5 Å². The number of hydrogen-bond donors (Lipinski definition) is 2. The van der Waals surface area contributed by atoms with Crippen LogP contribution in [0, 0.1) is 0 Å². The molecule has 0 aliphatic heterocycles. The Labute approximate surface area is 158 Å². The second-order valence-corrected chi connectivity index (χ2v) is 8.89. The lowest BCUT2D eigenvalue weighted by molar-refractivity contribution is -0.164. The van der Waals surface area contributed by atoms with Gasteiger partial charge >= 0.3 is 12.1 Å². The van der Waals surface area contributed by atoms with Gasteiger partial charge in [0.25, 0.3) is 0 Å². The van der Waals surface area contributed by atoms with Crippen molar-refractivity contribution in [3.8, 4) is 0 Å². The smallest absolute Gasteiger partial charge is 0.410 e. The zero-order chi connectivity index (χ0) is 19.7. The average Bonchev–Trinajstić information content (AvgIpc) is 2.51. The van der Waals surface area contributed by atoms with Crippen molar-refractivity contribution in [1.82, 2.24) is 5.32 Å². The first kappa shape index (κ1) is 22.5. The van der Waals surface area contributed by atoms with Crippen LogP contribution in [0.3, 0.4) is 0 Å². The predicted molar refractivity (Wildman–Crippen MR) is 99.5 cm³/mol. The molecule has 0 spiro atoms. The fourth-order valence-electron chi connectivity index (χ4n) is 2.34. The van der Waals surface area contributed by atoms with E-state index >= 15 is 0 Å².